The number of nitrogens with zero attached hydrogens (tertiary/aromatic N) is 2. The Labute approximate surface area is 144 Å². The zero-order valence-electron chi connectivity index (χ0n) is 14.1. The van der Waals surface area contributed by atoms with Crippen LogP contribution in [0.2, 0.25) is 0 Å². The van der Waals surface area contributed by atoms with Crippen LogP contribution >= 0.6 is 0 Å². The van der Waals surface area contributed by atoms with Gasteiger partial charge < -0.3 is 9.47 Å². The first-order chi connectivity index (χ1) is 12.1. The molecule has 0 radical (unpaired) electrons. The van der Waals surface area contributed by atoms with Crippen LogP contribution < -0.4 is 15.0 Å². The highest BCUT2D eigenvalue weighted by Gasteiger charge is 2.19. The lowest BCUT2D eigenvalue weighted by atomic mass is 10.1. The van der Waals surface area contributed by atoms with Gasteiger partial charge in [0.15, 0.2) is 17.2 Å². The highest BCUT2D eigenvalue weighted by atomic mass is 16.6. The van der Waals surface area contributed by atoms with Crippen LogP contribution in [0.15, 0.2) is 53.3 Å². The van der Waals surface area contributed by atoms with E-state index >= 15 is 0 Å². The van der Waals surface area contributed by atoms with Crippen LogP contribution in [0.5, 0.6) is 11.5 Å². The molecule has 128 valence electrons. The monoisotopic (exact) mass is 338 g/mol. The van der Waals surface area contributed by atoms with E-state index in [-0.39, 0.29) is 11.3 Å². The molecule has 6 heteroatoms. The minimum absolute atomic E-state index is 0.0861. The number of hydrogen-bond acceptors (Lipinski definition) is 5. The maximum Gasteiger partial charge on any atom is 0.364 e. The number of benzene rings is 2. The van der Waals surface area contributed by atoms with Crippen LogP contribution in [0.4, 0.5) is 0 Å². The molecule has 1 heterocycles. The molecule has 0 bridgehead atoms. The summed E-state index contributed by atoms with van der Waals surface area (Å²) in [7, 11) is 1.50. The second-order valence-corrected chi connectivity index (χ2v) is 5.51. The lowest BCUT2D eigenvalue weighted by Gasteiger charge is -2.12. The Balaban J connectivity index is 1.99. The number of aryl methyl sites for hydroxylation is 1. The maximum absolute atomic E-state index is 12.7. The minimum atomic E-state index is -0.639. The van der Waals surface area contributed by atoms with Gasteiger partial charge in [-0.1, -0.05) is 37.3 Å². The molecule has 0 N–H and O–H groups in total. The average Bonchev–Trinajstić information content (AvgIpc) is 2.64. The fourth-order valence-electron chi connectivity index (χ4n) is 2.46. The molecule has 6 nitrogen and oxygen atoms in total. The Kier molecular flexibility index (Phi) is 4.79. The van der Waals surface area contributed by atoms with Gasteiger partial charge in [0.2, 0.25) is 0 Å². The first-order valence-electron chi connectivity index (χ1n) is 8.02. The van der Waals surface area contributed by atoms with Gasteiger partial charge in [0.25, 0.3) is 5.56 Å². The Morgan fingerprint density at radius 2 is 1.68 bits per heavy atom. The highest BCUT2D eigenvalue weighted by molar-refractivity contribution is 6.03. The van der Waals surface area contributed by atoms with Crippen molar-refractivity contribution >= 4 is 16.7 Å². The van der Waals surface area contributed by atoms with Crippen LogP contribution in [0, 0.1) is 0 Å². The molecule has 0 aliphatic carbocycles. The standard InChI is InChI=1S/C19H18N2O4/c1-3-12-24-15-10-6-7-11-16(15)25-19(23)17-13-8-4-5-9-14(13)18(22)21(2)20-17/h4-11H,3,12H2,1-2H3. The van der Waals surface area contributed by atoms with Crippen molar-refractivity contribution < 1.29 is 14.3 Å². The molecule has 3 aromatic rings. The number of aromatic nitrogens is 2. The molecule has 0 unspecified atom stereocenters. The maximum atomic E-state index is 12.7. The quantitative estimate of drug-likeness (QED) is 0.528. The van der Waals surface area contributed by atoms with Gasteiger partial charge >= 0.3 is 5.97 Å². The van der Waals surface area contributed by atoms with Gasteiger partial charge in [-0.3, -0.25) is 4.79 Å². The first kappa shape index (κ1) is 16.7. The molecule has 25 heavy (non-hydrogen) atoms. The van der Waals surface area contributed by atoms with Crippen molar-refractivity contribution in [2.45, 2.75) is 13.3 Å². The van der Waals surface area contributed by atoms with Gasteiger partial charge in [-0.2, -0.15) is 5.10 Å². The lowest BCUT2D eigenvalue weighted by Crippen LogP contribution is -2.24. The summed E-state index contributed by atoms with van der Waals surface area (Å²) in [4.78, 5) is 24.8. The summed E-state index contributed by atoms with van der Waals surface area (Å²) in [5.74, 6) is 0.173. The molecule has 0 atom stereocenters. The Bertz CT molecular complexity index is 979. The zero-order chi connectivity index (χ0) is 17.8. The van der Waals surface area contributed by atoms with E-state index in [4.69, 9.17) is 9.47 Å². The summed E-state index contributed by atoms with van der Waals surface area (Å²) in [6.07, 6.45) is 0.843. The molecule has 0 saturated carbocycles. The van der Waals surface area contributed by atoms with Crippen molar-refractivity contribution in [3.05, 3.63) is 64.6 Å². The van der Waals surface area contributed by atoms with Gasteiger partial charge in [0, 0.05) is 12.4 Å². The largest absolute Gasteiger partial charge is 0.490 e. The molecule has 0 fully saturated rings. The van der Waals surface area contributed by atoms with Crippen molar-refractivity contribution in [3.8, 4) is 11.5 Å². The number of rotatable bonds is 5. The Morgan fingerprint density at radius 1 is 1.04 bits per heavy atom. The van der Waals surface area contributed by atoms with Crippen molar-refractivity contribution in [3.63, 3.8) is 0 Å². The van der Waals surface area contributed by atoms with Gasteiger partial charge in [0.05, 0.1) is 12.0 Å². The van der Waals surface area contributed by atoms with Crippen molar-refractivity contribution in [2.24, 2.45) is 7.05 Å². The molecule has 0 amide bonds. The summed E-state index contributed by atoms with van der Waals surface area (Å²) in [5.41, 5.74) is -0.179. The van der Waals surface area contributed by atoms with E-state index in [2.05, 4.69) is 5.10 Å². The van der Waals surface area contributed by atoms with E-state index in [0.717, 1.165) is 11.1 Å². The average molecular weight is 338 g/mol. The Hall–Kier alpha value is -3.15. The van der Waals surface area contributed by atoms with E-state index in [9.17, 15) is 9.59 Å². The van der Waals surface area contributed by atoms with Crippen LogP contribution in [-0.4, -0.2) is 22.4 Å². The fourth-order valence-corrected chi connectivity index (χ4v) is 2.46. The van der Waals surface area contributed by atoms with Gasteiger partial charge in [0.1, 0.15) is 0 Å². The molecule has 0 aliphatic heterocycles. The number of hydrogen-bond donors (Lipinski definition) is 0. The molecule has 1 aromatic heterocycles. The van der Waals surface area contributed by atoms with Gasteiger partial charge in [-0.15, -0.1) is 0 Å². The zero-order valence-corrected chi connectivity index (χ0v) is 14.1. The number of esters is 1. The molecule has 0 spiro atoms. The van der Waals surface area contributed by atoms with Crippen LogP contribution in [0.3, 0.4) is 0 Å². The molecule has 0 aliphatic rings. The number of para-hydroxylation sites is 2. The SMILES string of the molecule is CCCOc1ccccc1OC(=O)c1nn(C)c(=O)c2ccccc12. The third-order valence-corrected chi connectivity index (χ3v) is 3.66. The summed E-state index contributed by atoms with van der Waals surface area (Å²) in [6, 6.07) is 13.8. The highest BCUT2D eigenvalue weighted by Crippen LogP contribution is 2.27. The van der Waals surface area contributed by atoms with Crippen LogP contribution in [0.25, 0.3) is 10.8 Å². The van der Waals surface area contributed by atoms with Crippen LogP contribution in [-0.2, 0) is 7.05 Å². The number of carbonyl (C=O) groups excluding carboxylic acids is 1. The van der Waals surface area contributed by atoms with E-state index < -0.39 is 5.97 Å². The fraction of sp³-hybridized carbons (Fsp3) is 0.211. The topological polar surface area (TPSA) is 70.4 Å². The summed E-state index contributed by atoms with van der Waals surface area (Å²) >= 11 is 0. The predicted octanol–water partition coefficient (Wildman–Crippen LogP) is 2.94. The molecular formula is C19H18N2O4. The van der Waals surface area contributed by atoms with Crippen molar-refractivity contribution in [1.82, 2.24) is 9.78 Å². The molecule has 0 saturated heterocycles. The summed E-state index contributed by atoms with van der Waals surface area (Å²) < 4.78 is 12.2. The summed E-state index contributed by atoms with van der Waals surface area (Å²) in [6.45, 7) is 2.52. The molecule has 2 aromatic carbocycles. The number of carbonyl (C=O) groups is 1. The number of ether oxygens (including phenoxy) is 2. The van der Waals surface area contributed by atoms with E-state index in [1.807, 2.05) is 13.0 Å². The lowest BCUT2D eigenvalue weighted by molar-refractivity contribution is 0.0721. The van der Waals surface area contributed by atoms with E-state index in [0.29, 0.717) is 28.9 Å². The van der Waals surface area contributed by atoms with E-state index in [1.165, 1.54) is 7.05 Å². The third-order valence-electron chi connectivity index (χ3n) is 3.66. The predicted molar refractivity (Wildman–Crippen MR) is 94.2 cm³/mol. The van der Waals surface area contributed by atoms with E-state index in [1.54, 1.807) is 42.5 Å². The normalized spacial score (nSPS) is 10.6. The second-order valence-electron chi connectivity index (χ2n) is 5.51. The van der Waals surface area contributed by atoms with Gasteiger partial charge in [-0.25, -0.2) is 9.48 Å². The van der Waals surface area contributed by atoms with Crippen molar-refractivity contribution in [1.29, 1.82) is 0 Å². The number of fused-ring (bicyclic) bond motifs is 1. The minimum Gasteiger partial charge on any atom is -0.490 e. The third kappa shape index (κ3) is 3.38. The first-order valence-corrected chi connectivity index (χ1v) is 8.02. The molecule has 3 rings (SSSR count). The smallest absolute Gasteiger partial charge is 0.364 e. The molecular weight excluding hydrogens is 320 g/mol. The second kappa shape index (κ2) is 7.17. The summed E-state index contributed by atoms with van der Waals surface area (Å²) in [5, 5.41) is 4.96. The van der Waals surface area contributed by atoms with Crippen LogP contribution in [0.1, 0.15) is 23.8 Å². The van der Waals surface area contributed by atoms with Crippen molar-refractivity contribution in [2.75, 3.05) is 6.61 Å². The Morgan fingerprint density at radius 3 is 2.40 bits per heavy atom. The van der Waals surface area contributed by atoms with Gasteiger partial charge in [-0.05, 0) is 24.6 Å².